The molecule has 1 aromatic carbocycles. The van der Waals surface area contributed by atoms with Crippen LogP contribution in [0, 0.1) is 5.92 Å². The fourth-order valence-corrected chi connectivity index (χ4v) is 3.99. The number of hydrogen-bond donors (Lipinski definition) is 2. The molecule has 3 heterocycles. The van der Waals surface area contributed by atoms with Gasteiger partial charge < -0.3 is 10.6 Å². The van der Waals surface area contributed by atoms with Gasteiger partial charge >= 0.3 is 0 Å². The number of hydrogen-bond acceptors (Lipinski definition) is 4. The molecule has 32 heavy (non-hydrogen) atoms. The highest BCUT2D eigenvalue weighted by Crippen LogP contribution is 2.18. The fourth-order valence-electron chi connectivity index (χ4n) is 3.99. The lowest BCUT2D eigenvalue weighted by Crippen LogP contribution is -2.37. The van der Waals surface area contributed by atoms with Crippen molar-refractivity contribution in [2.24, 2.45) is 10.9 Å². The van der Waals surface area contributed by atoms with Crippen LogP contribution in [-0.2, 0) is 19.6 Å². The summed E-state index contributed by atoms with van der Waals surface area (Å²) in [6, 6.07) is 14.7. The van der Waals surface area contributed by atoms with Gasteiger partial charge in [0.15, 0.2) is 17.4 Å². The topological polar surface area (TPSA) is 69.8 Å². The molecule has 1 aliphatic rings. The smallest absolute Gasteiger partial charge is 0.191 e. The number of rotatable bonds is 7. The number of aliphatic imine (C=N–C) groups is 1. The van der Waals surface area contributed by atoms with Crippen LogP contribution < -0.4 is 10.6 Å². The van der Waals surface area contributed by atoms with Crippen molar-refractivity contribution in [2.45, 2.75) is 46.3 Å². The molecule has 8 heteroatoms. The van der Waals surface area contributed by atoms with Crippen LogP contribution in [0.15, 0.2) is 53.7 Å². The second kappa shape index (κ2) is 12.2. The number of likely N-dealkylation sites (tertiary alicyclic amines) is 1. The van der Waals surface area contributed by atoms with Crippen LogP contribution in [0.1, 0.15) is 43.6 Å². The summed E-state index contributed by atoms with van der Waals surface area (Å²) < 4.78 is 1.99. The Morgan fingerprint density at radius 1 is 1.06 bits per heavy atom. The first-order valence-corrected chi connectivity index (χ1v) is 11.3. The molecule has 0 saturated carbocycles. The maximum Gasteiger partial charge on any atom is 0.191 e. The summed E-state index contributed by atoms with van der Waals surface area (Å²) in [5.74, 6) is 2.51. The highest BCUT2D eigenvalue weighted by Gasteiger charge is 2.15. The van der Waals surface area contributed by atoms with E-state index in [2.05, 4.69) is 63.8 Å². The van der Waals surface area contributed by atoms with Crippen molar-refractivity contribution in [3.63, 3.8) is 0 Å². The van der Waals surface area contributed by atoms with E-state index in [-0.39, 0.29) is 24.0 Å². The highest BCUT2D eigenvalue weighted by molar-refractivity contribution is 14.0. The molecule has 7 nitrogen and oxygen atoms in total. The normalized spacial score (nSPS) is 15.5. The van der Waals surface area contributed by atoms with Crippen molar-refractivity contribution < 1.29 is 0 Å². The number of pyridine rings is 1. The fraction of sp³-hybridized carbons (Fsp3) is 0.458. The van der Waals surface area contributed by atoms with E-state index in [1.54, 1.807) is 0 Å². The van der Waals surface area contributed by atoms with Gasteiger partial charge in [0, 0.05) is 19.3 Å². The maximum absolute atomic E-state index is 4.78. The van der Waals surface area contributed by atoms with E-state index in [9.17, 15) is 0 Å². The van der Waals surface area contributed by atoms with Gasteiger partial charge in [0.2, 0.25) is 0 Å². The van der Waals surface area contributed by atoms with Gasteiger partial charge in [-0.05, 0) is 62.0 Å². The van der Waals surface area contributed by atoms with E-state index in [1.165, 1.54) is 37.1 Å². The van der Waals surface area contributed by atoms with Crippen LogP contribution in [0.25, 0.3) is 5.65 Å². The van der Waals surface area contributed by atoms with Crippen LogP contribution in [0.4, 0.5) is 0 Å². The Morgan fingerprint density at radius 3 is 2.69 bits per heavy atom. The third-order valence-corrected chi connectivity index (χ3v) is 5.84. The standard InChI is InChI=1S/C24H33N7.HI/c1-3-25-24(27-17-23-29-28-22-9-4-5-12-31(22)23)26-16-20-7-6-8-21(15-20)18-30-13-10-19(2)11-14-30;/h4-9,12,15,19H,3,10-11,13-14,16-18H2,1-2H3,(H2,25,26,27);1H. The first-order valence-electron chi connectivity index (χ1n) is 11.3. The molecular weight excluding hydrogens is 513 g/mol. The van der Waals surface area contributed by atoms with Gasteiger partial charge in [-0.25, -0.2) is 4.99 Å². The molecule has 0 atom stereocenters. The van der Waals surface area contributed by atoms with Gasteiger partial charge in [-0.15, -0.1) is 34.2 Å². The highest BCUT2D eigenvalue weighted by atomic mass is 127. The lowest BCUT2D eigenvalue weighted by atomic mass is 9.98. The number of nitrogens with one attached hydrogen (secondary N) is 2. The molecule has 2 aromatic heterocycles. The first kappa shape index (κ1) is 24.4. The van der Waals surface area contributed by atoms with Gasteiger partial charge in [0.1, 0.15) is 0 Å². The van der Waals surface area contributed by atoms with E-state index in [0.29, 0.717) is 13.1 Å². The Balaban J connectivity index is 0.00000289. The van der Waals surface area contributed by atoms with Gasteiger partial charge in [-0.1, -0.05) is 37.3 Å². The van der Waals surface area contributed by atoms with Crippen LogP contribution in [0.2, 0.25) is 0 Å². The number of halogens is 1. The molecular formula is C24H34IN7. The molecule has 4 rings (SSSR count). The number of fused-ring (bicyclic) bond motifs is 1. The Labute approximate surface area is 207 Å². The predicted molar refractivity (Wildman–Crippen MR) is 140 cm³/mol. The lowest BCUT2D eigenvalue weighted by Gasteiger charge is -2.30. The SMILES string of the molecule is CCNC(=NCc1cccc(CN2CCC(C)CC2)c1)NCc1nnc2ccccn12.I. The minimum absolute atomic E-state index is 0. The minimum atomic E-state index is 0. The Bertz CT molecular complexity index is 1010. The average molecular weight is 547 g/mol. The molecule has 0 amide bonds. The summed E-state index contributed by atoms with van der Waals surface area (Å²) in [6.07, 6.45) is 4.59. The summed E-state index contributed by atoms with van der Waals surface area (Å²) in [5.41, 5.74) is 3.45. The summed E-state index contributed by atoms with van der Waals surface area (Å²) in [4.78, 5) is 7.35. The molecule has 0 spiro atoms. The quantitative estimate of drug-likeness (QED) is 0.268. The average Bonchev–Trinajstić information content (AvgIpc) is 3.21. The molecule has 2 N–H and O–H groups in total. The molecule has 0 radical (unpaired) electrons. The van der Waals surface area contributed by atoms with Gasteiger partial charge in [0.25, 0.3) is 0 Å². The number of aromatic nitrogens is 3. The van der Waals surface area contributed by atoms with Gasteiger partial charge in [-0.3, -0.25) is 9.30 Å². The second-order valence-corrected chi connectivity index (χ2v) is 8.37. The van der Waals surface area contributed by atoms with Gasteiger partial charge in [0.05, 0.1) is 13.1 Å². The Hall–Kier alpha value is -2.20. The molecule has 1 saturated heterocycles. The lowest BCUT2D eigenvalue weighted by molar-refractivity contribution is 0.185. The van der Waals surface area contributed by atoms with Crippen molar-refractivity contribution in [1.82, 2.24) is 30.1 Å². The molecule has 0 aliphatic carbocycles. The number of benzene rings is 1. The van der Waals surface area contributed by atoms with Crippen LogP contribution in [0.3, 0.4) is 0 Å². The van der Waals surface area contributed by atoms with Crippen molar-refractivity contribution in [3.8, 4) is 0 Å². The van der Waals surface area contributed by atoms with Crippen LogP contribution in [-0.4, -0.2) is 45.1 Å². The third kappa shape index (κ3) is 6.65. The number of guanidine groups is 1. The minimum Gasteiger partial charge on any atom is -0.357 e. The van der Waals surface area contributed by atoms with E-state index in [1.807, 2.05) is 28.8 Å². The van der Waals surface area contributed by atoms with Gasteiger partial charge in [-0.2, -0.15) is 0 Å². The zero-order valence-corrected chi connectivity index (χ0v) is 21.3. The largest absolute Gasteiger partial charge is 0.357 e. The van der Waals surface area contributed by atoms with E-state index in [0.717, 1.165) is 36.4 Å². The molecule has 1 fully saturated rings. The van der Waals surface area contributed by atoms with Crippen molar-refractivity contribution in [3.05, 3.63) is 65.6 Å². The van der Waals surface area contributed by atoms with Crippen molar-refractivity contribution in [1.29, 1.82) is 0 Å². The van der Waals surface area contributed by atoms with E-state index >= 15 is 0 Å². The number of nitrogens with zero attached hydrogens (tertiary/aromatic N) is 5. The molecule has 0 unspecified atom stereocenters. The second-order valence-electron chi connectivity index (χ2n) is 8.37. The van der Waals surface area contributed by atoms with Crippen LogP contribution >= 0.6 is 24.0 Å². The van der Waals surface area contributed by atoms with E-state index in [4.69, 9.17) is 4.99 Å². The Morgan fingerprint density at radius 2 is 1.88 bits per heavy atom. The monoisotopic (exact) mass is 547 g/mol. The van der Waals surface area contributed by atoms with Crippen molar-refractivity contribution in [2.75, 3.05) is 19.6 Å². The molecule has 0 bridgehead atoms. The molecule has 1 aliphatic heterocycles. The van der Waals surface area contributed by atoms with E-state index < -0.39 is 0 Å². The zero-order valence-electron chi connectivity index (χ0n) is 19.0. The first-order chi connectivity index (χ1) is 15.2. The summed E-state index contributed by atoms with van der Waals surface area (Å²) in [5, 5.41) is 15.2. The van der Waals surface area contributed by atoms with Crippen molar-refractivity contribution >= 4 is 35.6 Å². The summed E-state index contributed by atoms with van der Waals surface area (Å²) in [7, 11) is 0. The maximum atomic E-state index is 4.78. The molecule has 172 valence electrons. The third-order valence-electron chi connectivity index (χ3n) is 5.84. The predicted octanol–water partition coefficient (Wildman–Crippen LogP) is 3.83. The zero-order chi connectivity index (χ0) is 21.5. The Kier molecular flexibility index (Phi) is 9.28. The molecule has 3 aromatic rings. The summed E-state index contributed by atoms with van der Waals surface area (Å²) in [6.45, 7) is 9.87. The summed E-state index contributed by atoms with van der Waals surface area (Å²) >= 11 is 0. The number of piperidine rings is 1. The van der Waals surface area contributed by atoms with Crippen LogP contribution in [0.5, 0.6) is 0 Å².